The third-order valence-corrected chi connectivity index (χ3v) is 4.30. The van der Waals surface area contributed by atoms with E-state index in [1.165, 1.54) is 0 Å². The molecule has 1 heterocycles. The zero-order chi connectivity index (χ0) is 18.4. The van der Waals surface area contributed by atoms with E-state index < -0.39 is 0 Å². The van der Waals surface area contributed by atoms with Crippen LogP contribution < -0.4 is 5.32 Å². The normalized spacial score (nSPS) is 10.8. The summed E-state index contributed by atoms with van der Waals surface area (Å²) in [6.45, 7) is 2.14. The first kappa shape index (κ1) is 17.9. The van der Waals surface area contributed by atoms with Crippen LogP contribution in [0.1, 0.15) is 54.9 Å². The second-order valence-electron chi connectivity index (χ2n) is 6.37. The van der Waals surface area contributed by atoms with Crippen molar-refractivity contribution in [3.05, 3.63) is 59.7 Å². The van der Waals surface area contributed by atoms with Gasteiger partial charge in [0.05, 0.1) is 11.0 Å². The number of carbonyl (C=O) groups is 2. The molecule has 134 valence electrons. The van der Waals surface area contributed by atoms with Crippen molar-refractivity contribution >= 4 is 28.7 Å². The molecule has 3 rings (SSSR count). The minimum Gasteiger partial charge on any atom is -0.324 e. The van der Waals surface area contributed by atoms with Crippen molar-refractivity contribution in [2.45, 2.75) is 39.0 Å². The molecule has 5 heteroatoms. The number of unbranched alkanes of at least 4 members (excludes halogenated alkanes) is 3. The number of amides is 1. The lowest BCUT2D eigenvalue weighted by atomic mass is 10.0. The van der Waals surface area contributed by atoms with Crippen LogP contribution in [-0.2, 0) is 4.79 Å². The number of nitrogens with one attached hydrogen (secondary N) is 2. The highest BCUT2D eigenvalue weighted by molar-refractivity contribution is 6.10. The van der Waals surface area contributed by atoms with E-state index >= 15 is 0 Å². The number of aromatic nitrogens is 2. The first-order chi connectivity index (χ1) is 12.7. The van der Waals surface area contributed by atoms with Crippen molar-refractivity contribution in [3.8, 4) is 0 Å². The number of rotatable bonds is 8. The van der Waals surface area contributed by atoms with E-state index in [1.54, 1.807) is 30.3 Å². The Bertz CT molecular complexity index is 900. The standard InChI is InChI=1S/C21H23N3O2/c1-2-3-4-8-11-19(25)24-21-22-17-13-12-16(14-18(17)23-21)20(26)15-9-6-5-7-10-15/h5-7,9-10,12-14H,2-4,8,11H2,1H3,(H2,22,23,24,25). The van der Waals surface area contributed by atoms with Crippen LogP contribution in [0.4, 0.5) is 5.95 Å². The van der Waals surface area contributed by atoms with Gasteiger partial charge in [0.1, 0.15) is 0 Å². The number of H-pyrrole nitrogens is 1. The molecule has 1 amide bonds. The molecule has 1 aromatic heterocycles. The first-order valence-corrected chi connectivity index (χ1v) is 9.06. The summed E-state index contributed by atoms with van der Waals surface area (Å²) >= 11 is 0. The fourth-order valence-corrected chi connectivity index (χ4v) is 2.87. The van der Waals surface area contributed by atoms with Crippen molar-refractivity contribution in [2.75, 3.05) is 5.32 Å². The second kappa shape index (κ2) is 8.43. The van der Waals surface area contributed by atoms with Gasteiger partial charge < -0.3 is 4.98 Å². The molecule has 0 radical (unpaired) electrons. The van der Waals surface area contributed by atoms with Crippen molar-refractivity contribution in [1.29, 1.82) is 0 Å². The summed E-state index contributed by atoms with van der Waals surface area (Å²) in [5, 5.41) is 2.80. The first-order valence-electron chi connectivity index (χ1n) is 9.06. The molecule has 0 unspecified atom stereocenters. The summed E-state index contributed by atoms with van der Waals surface area (Å²) < 4.78 is 0. The Hall–Kier alpha value is -2.95. The molecule has 0 saturated heterocycles. The lowest BCUT2D eigenvalue weighted by molar-refractivity contribution is -0.116. The number of fused-ring (bicyclic) bond motifs is 1. The average molecular weight is 349 g/mol. The van der Waals surface area contributed by atoms with Gasteiger partial charge in [-0.2, -0.15) is 0 Å². The molecule has 0 spiro atoms. The zero-order valence-corrected chi connectivity index (χ0v) is 14.9. The van der Waals surface area contributed by atoms with Gasteiger partial charge in [-0.05, 0) is 24.6 Å². The van der Waals surface area contributed by atoms with Gasteiger partial charge in [-0.3, -0.25) is 14.9 Å². The van der Waals surface area contributed by atoms with Gasteiger partial charge in [0, 0.05) is 17.5 Å². The number of ketones is 1. The molecule has 26 heavy (non-hydrogen) atoms. The number of benzene rings is 2. The number of hydrogen-bond donors (Lipinski definition) is 2. The largest absolute Gasteiger partial charge is 0.324 e. The molecular weight excluding hydrogens is 326 g/mol. The monoisotopic (exact) mass is 349 g/mol. The lowest BCUT2D eigenvalue weighted by Crippen LogP contribution is -2.12. The van der Waals surface area contributed by atoms with E-state index in [9.17, 15) is 9.59 Å². The van der Waals surface area contributed by atoms with Gasteiger partial charge in [0.2, 0.25) is 11.9 Å². The molecule has 0 saturated carbocycles. The summed E-state index contributed by atoms with van der Waals surface area (Å²) in [6.07, 6.45) is 4.74. The molecule has 0 atom stereocenters. The smallest absolute Gasteiger partial charge is 0.226 e. The van der Waals surface area contributed by atoms with E-state index in [4.69, 9.17) is 0 Å². The summed E-state index contributed by atoms with van der Waals surface area (Å²) in [5.41, 5.74) is 2.68. The maximum Gasteiger partial charge on any atom is 0.226 e. The average Bonchev–Trinajstić information content (AvgIpc) is 3.06. The van der Waals surface area contributed by atoms with Crippen LogP contribution in [0.15, 0.2) is 48.5 Å². The highest BCUT2D eigenvalue weighted by Crippen LogP contribution is 2.19. The van der Waals surface area contributed by atoms with Crippen molar-refractivity contribution in [3.63, 3.8) is 0 Å². The maximum absolute atomic E-state index is 12.5. The van der Waals surface area contributed by atoms with E-state index in [-0.39, 0.29) is 11.7 Å². The van der Waals surface area contributed by atoms with E-state index in [0.717, 1.165) is 36.7 Å². The molecule has 0 fully saturated rings. The highest BCUT2D eigenvalue weighted by Gasteiger charge is 2.12. The van der Waals surface area contributed by atoms with E-state index in [1.807, 2.05) is 18.2 Å². The Kier molecular flexibility index (Phi) is 5.79. The molecule has 0 bridgehead atoms. The van der Waals surface area contributed by atoms with Crippen LogP contribution in [0.5, 0.6) is 0 Å². The van der Waals surface area contributed by atoms with Gasteiger partial charge in [-0.25, -0.2) is 4.98 Å². The van der Waals surface area contributed by atoms with Gasteiger partial charge in [0.25, 0.3) is 0 Å². The van der Waals surface area contributed by atoms with Crippen molar-refractivity contribution < 1.29 is 9.59 Å². The molecule has 3 aromatic rings. The minimum absolute atomic E-state index is 0.0383. The SMILES string of the molecule is CCCCCCC(=O)Nc1nc2ccc(C(=O)c3ccccc3)cc2[nH]1. The maximum atomic E-state index is 12.5. The van der Waals surface area contributed by atoms with Crippen LogP contribution in [0, 0.1) is 0 Å². The zero-order valence-electron chi connectivity index (χ0n) is 14.9. The quantitative estimate of drug-likeness (QED) is 0.457. The Morgan fingerprint density at radius 3 is 2.58 bits per heavy atom. The molecule has 0 aliphatic carbocycles. The number of imidazole rings is 1. The number of hydrogen-bond acceptors (Lipinski definition) is 3. The van der Waals surface area contributed by atoms with Crippen LogP contribution in [0.3, 0.4) is 0 Å². The molecule has 2 N–H and O–H groups in total. The Balaban J connectivity index is 1.69. The highest BCUT2D eigenvalue weighted by atomic mass is 16.1. The molecule has 0 aliphatic rings. The number of anilines is 1. The number of carbonyl (C=O) groups excluding carboxylic acids is 2. The molecule has 5 nitrogen and oxygen atoms in total. The summed E-state index contributed by atoms with van der Waals surface area (Å²) in [4.78, 5) is 32.0. The molecule has 2 aromatic carbocycles. The van der Waals surface area contributed by atoms with Crippen molar-refractivity contribution in [1.82, 2.24) is 9.97 Å². The van der Waals surface area contributed by atoms with Gasteiger partial charge >= 0.3 is 0 Å². The fraction of sp³-hybridized carbons (Fsp3) is 0.286. The van der Waals surface area contributed by atoms with Crippen LogP contribution in [-0.4, -0.2) is 21.7 Å². The third kappa shape index (κ3) is 4.36. The van der Waals surface area contributed by atoms with Gasteiger partial charge in [-0.15, -0.1) is 0 Å². The lowest BCUT2D eigenvalue weighted by Gasteiger charge is -2.01. The number of nitrogens with zero attached hydrogens (tertiary/aromatic N) is 1. The van der Waals surface area contributed by atoms with E-state index in [2.05, 4.69) is 22.2 Å². The summed E-state index contributed by atoms with van der Waals surface area (Å²) in [6, 6.07) is 14.5. The van der Waals surface area contributed by atoms with Crippen LogP contribution in [0.25, 0.3) is 11.0 Å². The second-order valence-corrected chi connectivity index (χ2v) is 6.37. The molecule has 0 aliphatic heterocycles. The summed E-state index contributed by atoms with van der Waals surface area (Å²) in [7, 11) is 0. The minimum atomic E-state index is -0.0410. The Morgan fingerprint density at radius 2 is 1.81 bits per heavy atom. The van der Waals surface area contributed by atoms with Gasteiger partial charge in [0.15, 0.2) is 5.78 Å². The predicted octanol–water partition coefficient (Wildman–Crippen LogP) is 4.70. The Morgan fingerprint density at radius 1 is 1.00 bits per heavy atom. The van der Waals surface area contributed by atoms with Gasteiger partial charge in [-0.1, -0.05) is 56.5 Å². The topological polar surface area (TPSA) is 74.8 Å². The summed E-state index contributed by atoms with van der Waals surface area (Å²) in [5.74, 6) is 0.342. The fourth-order valence-electron chi connectivity index (χ4n) is 2.87. The van der Waals surface area contributed by atoms with Crippen LogP contribution in [0.2, 0.25) is 0 Å². The predicted molar refractivity (Wildman–Crippen MR) is 103 cm³/mol. The van der Waals surface area contributed by atoms with Crippen molar-refractivity contribution in [2.24, 2.45) is 0 Å². The number of aromatic amines is 1. The van der Waals surface area contributed by atoms with Crippen LogP contribution >= 0.6 is 0 Å². The van der Waals surface area contributed by atoms with E-state index in [0.29, 0.717) is 23.5 Å². The molecular formula is C21H23N3O2. The third-order valence-electron chi connectivity index (χ3n) is 4.30. The Labute approximate surface area is 152 Å².